The van der Waals surface area contributed by atoms with Crippen molar-refractivity contribution in [2.75, 3.05) is 13.1 Å². The summed E-state index contributed by atoms with van der Waals surface area (Å²) in [5, 5.41) is 0. The Labute approximate surface area is 143 Å². The maximum atomic E-state index is 12.5. The van der Waals surface area contributed by atoms with E-state index in [9.17, 15) is 22.8 Å². The number of allylic oxidation sites excluding steroid dienone is 3. The lowest BCUT2D eigenvalue weighted by Gasteiger charge is -2.22. The van der Waals surface area contributed by atoms with E-state index in [2.05, 4.69) is 16.6 Å². The summed E-state index contributed by atoms with van der Waals surface area (Å²) in [5.41, 5.74) is 0.592. The zero-order chi connectivity index (χ0) is 18.4. The lowest BCUT2D eigenvalue weighted by molar-refractivity contribution is -0.160. The summed E-state index contributed by atoms with van der Waals surface area (Å²) in [5.74, 6) is -1.11. The van der Waals surface area contributed by atoms with Crippen molar-refractivity contribution >= 4 is 23.4 Å². The molecule has 0 fully saturated rings. The van der Waals surface area contributed by atoms with Gasteiger partial charge >= 0.3 is 6.18 Å². The van der Waals surface area contributed by atoms with Gasteiger partial charge in [-0.1, -0.05) is 24.3 Å². The Morgan fingerprint density at radius 2 is 2.08 bits per heavy atom. The maximum Gasteiger partial charge on any atom is 0.406 e. The van der Waals surface area contributed by atoms with Gasteiger partial charge in [0.15, 0.2) is 0 Å². The molecular weight excluding hydrogens is 335 g/mol. The van der Waals surface area contributed by atoms with Gasteiger partial charge in [-0.25, -0.2) is 4.99 Å². The first kappa shape index (κ1) is 18.8. The van der Waals surface area contributed by atoms with Crippen LogP contribution in [0.1, 0.15) is 19.3 Å². The summed E-state index contributed by atoms with van der Waals surface area (Å²) in [6.07, 6.45) is 4.16. The zero-order valence-electron chi connectivity index (χ0n) is 13.5. The van der Waals surface area contributed by atoms with Gasteiger partial charge in [0.05, 0.1) is 5.71 Å². The van der Waals surface area contributed by atoms with Crippen LogP contribution in [0.3, 0.4) is 0 Å². The molecule has 0 N–H and O–H groups in total. The minimum absolute atomic E-state index is 0.0822. The summed E-state index contributed by atoms with van der Waals surface area (Å²) in [6.45, 7) is 1.89. The Kier molecular flexibility index (Phi) is 6.06. The monoisotopic (exact) mass is 353 g/mol. The number of rotatable bonds is 7. The normalized spacial score (nSPS) is 19.2. The highest BCUT2D eigenvalue weighted by Crippen LogP contribution is 2.19. The first-order chi connectivity index (χ1) is 11.8. The summed E-state index contributed by atoms with van der Waals surface area (Å²) >= 11 is 0. The number of halogens is 3. The maximum absolute atomic E-state index is 12.5. The van der Waals surface area contributed by atoms with E-state index in [0.29, 0.717) is 16.4 Å². The number of amides is 2. The van der Waals surface area contributed by atoms with Crippen molar-refractivity contribution in [3.8, 4) is 0 Å². The number of carbonyl (C=O) groups is 2. The smallest absolute Gasteiger partial charge is 0.330 e. The third-order valence-electron chi connectivity index (χ3n) is 3.63. The van der Waals surface area contributed by atoms with E-state index >= 15 is 0 Å². The van der Waals surface area contributed by atoms with E-state index in [4.69, 9.17) is 0 Å². The fraction of sp³-hybridized carbons (Fsp3) is 0.412. The van der Waals surface area contributed by atoms with Crippen LogP contribution < -0.4 is 0 Å². The van der Waals surface area contributed by atoms with Crippen LogP contribution >= 0.6 is 0 Å². The number of hydrogen-bond donors (Lipinski definition) is 0. The average molecular weight is 353 g/mol. The summed E-state index contributed by atoms with van der Waals surface area (Å²) in [6, 6.07) is 0. The van der Waals surface area contributed by atoms with Crippen LogP contribution in [0, 0.1) is 5.92 Å². The molecule has 0 spiro atoms. The number of carbonyl (C=O) groups excluding carboxylic acids is 2. The number of aliphatic imine (C=N–C) groups is 2. The molecule has 1 unspecified atom stereocenters. The van der Waals surface area contributed by atoms with Crippen molar-refractivity contribution in [1.82, 2.24) is 4.90 Å². The molecule has 2 amide bonds. The molecular formula is C17H18F3N3O2. The van der Waals surface area contributed by atoms with Gasteiger partial charge in [-0.05, 0) is 12.5 Å². The van der Waals surface area contributed by atoms with Gasteiger partial charge in [-0.3, -0.25) is 9.59 Å². The molecule has 5 nitrogen and oxygen atoms in total. The molecule has 134 valence electrons. The minimum Gasteiger partial charge on any atom is -0.330 e. The largest absolute Gasteiger partial charge is 0.406 e. The molecule has 0 radical (unpaired) electrons. The zero-order valence-corrected chi connectivity index (χ0v) is 13.5. The van der Waals surface area contributed by atoms with Crippen molar-refractivity contribution in [3.63, 3.8) is 0 Å². The quantitative estimate of drug-likeness (QED) is 0.661. The van der Waals surface area contributed by atoms with Gasteiger partial charge in [-0.2, -0.15) is 18.2 Å². The van der Waals surface area contributed by atoms with Gasteiger partial charge in [0, 0.05) is 19.4 Å². The Morgan fingerprint density at radius 1 is 1.32 bits per heavy atom. The lowest BCUT2D eigenvalue weighted by atomic mass is 9.96. The fourth-order valence-corrected chi connectivity index (χ4v) is 2.51. The van der Waals surface area contributed by atoms with Crippen LogP contribution in [0.4, 0.5) is 13.2 Å². The van der Waals surface area contributed by atoms with Gasteiger partial charge in [0.2, 0.25) is 5.91 Å². The molecule has 2 rings (SSSR count). The average Bonchev–Trinajstić information content (AvgIpc) is 2.53. The topological polar surface area (TPSA) is 62.1 Å². The number of amidine groups is 1. The van der Waals surface area contributed by atoms with Crippen LogP contribution in [-0.2, 0) is 9.59 Å². The highest BCUT2D eigenvalue weighted by atomic mass is 19.4. The molecule has 0 aromatic rings. The summed E-state index contributed by atoms with van der Waals surface area (Å²) in [4.78, 5) is 32.8. The van der Waals surface area contributed by atoms with Crippen LogP contribution in [0.2, 0.25) is 0 Å². The number of alkyl halides is 3. The standard InChI is InChI=1S/C17H18F3N3O2/c1-2-10-23(11-17(18,19)20)15(24)9-5-8-14-21-13-7-4-3-6-12(13)16(25)22-14/h2-4,6-7,12H,1,5,8-11H2. The molecule has 0 saturated carbocycles. The molecule has 1 aliphatic carbocycles. The van der Waals surface area contributed by atoms with Gasteiger partial charge in [0.25, 0.3) is 5.91 Å². The number of hydrogen-bond acceptors (Lipinski definition) is 3. The van der Waals surface area contributed by atoms with Crippen LogP contribution in [-0.4, -0.2) is 47.5 Å². The van der Waals surface area contributed by atoms with E-state index in [1.54, 1.807) is 24.3 Å². The van der Waals surface area contributed by atoms with Crippen LogP contribution in [0.25, 0.3) is 0 Å². The molecule has 25 heavy (non-hydrogen) atoms. The van der Waals surface area contributed by atoms with Gasteiger partial charge in [0.1, 0.15) is 18.3 Å². The molecule has 0 aromatic carbocycles. The molecule has 8 heteroatoms. The van der Waals surface area contributed by atoms with E-state index < -0.39 is 24.5 Å². The Hall–Kier alpha value is -2.51. The molecule has 0 bridgehead atoms. The minimum atomic E-state index is -4.46. The Bertz CT molecular complexity index is 675. The molecule has 1 atom stereocenters. The third kappa shape index (κ3) is 5.51. The lowest BCUT2D eigenvalue weighted by Crippen LogP contribution is -2.39. The van der Waals surface area contributed by atoms with E-state index in [1.807, 2.05) is 0 Å². The van der Waals surface area contributed by atoms with Crippen molar-refractivity contribution < 1.29 is 22.8 Å². The second kappa shape index (κ2) is 8.04. The predicted molar refractivity (Wildman–Crippen MR) is 88.3 cm³/mol. The van der Waals surface area contributed by atoms with Crippen LogP contribution in [0.5, 0.6) is 0 Å². The highest BCUT2D eigenvalue weighted by Gasteiger charge is 2.32. The van der Waals surface area contributed by atoms with Crippen molar-refractivity contribution in [2.24, 2.45) is 15.9 Å². The van der Waals surface area contributed by atoms with Gasteiger partial charge in [-0.15, -0.1) is 6.58 Å². The number of nitrogens with zero attached hydrogens (tertiary/aromatic N) is 3. The number of fused-ring (bicyclic) bond motifs is 1. The Morgan fingerprint density at radius 3 is 2.76 bits per heavy atom. The highest BCUT2D eigenvalue weighted by molar-refractivity contribution is 6.21. The molecule has 2 aliphatic rings. The molecule has 1 heterocycles. The summed E-state index contributed by atoms with van der Waals surface area (Å²) in [7, 11) is 0. The molecule has 0 saturated heterocycles. The third-order valence-corrected chi connectivity index (χ3v) is 3.63. The van der Waals surface area contributed by atoms with Gasteiger partial charge < -0.3 is 4.90 Å². The molecule has 0 aromatic heterocycles. The van der Waals surface area contributed by atoms with E-state index in [1.165, 1.54) is 6.08 Å². The van der Waals surface area contributed by atoms with E-state index in [0.717, 1.165) is 0 Å². The Balaban J connectivity index is 1.89. The first-order valence-corrected chi connectivity index (χ1v) is 7.80. The van der Waals surface area contributed by atoms with E-state index in [-0.39, 0.29) is 31.7 Å². The second-order valence-corrected chi connectivity index (χ2v) is 5.66. The van der Waals surface area contributed by atoms with Crippen molar-refractivity contribution in [2.45, 2.75) is 25.4 Å². The predicted octanol–water partition coefficient (Wildman–Crippen LogP) is 2.86. The SMILES string of the molecule is C=CCN(CC(F)(F)F)C(=O)CCCC1=NC(=O)C2C=CC=CC2=N1. The first-order valence-electron chi connectivity index (χ1n) is 7.80. The van der Waals surface area contributed by atoms with Crippen molar-refractivity contribution in [3.05, 3.63) is 37.0 Å². The summed E-state index contributed by atoms with van der Waals surface area (Å²) < 4.78 is 37.5. The second-order valence-electron chi connectivity index (χ2n) is 5.66. The van der Waals surface area contributed by atoms with Crippen LogP contribution in [0.15, 0.2) is 46.9 Å². The van der Waals surface area contributed by atoms with Crippen molar-refractivity contribution in [1.29, 1.82) is 0 Å². The molecule has 1 aliphatic heterocycles. The fourth-order valence-electron chi connectivity index (χ4n) is 2.51.